The number of rotatable bonds is 8. The van der Waals surface area contributed by atoms with Gasteiger partial charge >= 0.3 is 12.6 Å². The zero-order chi connectivity index (χ0) is 28.5. The fraction of sp³-hybridized carbons (Fsp3) is 0.167. The average molecular weight is 555 g/mol. The molecule has 0 aliphatic heterocycles. The van der Waals surface area contributed by atoms with E-state index in [9.17, 15) is 13.6 Å². The lowest BCUT2D eigenvalue weighted by atomic mass is 10.0. The molecule has 9 nitrogen and oxygen atoms in total. The van der Waals surface area contributed by atoms with Gasteiger partial charge in [-0.2, -0.15) is 13.8 Å². The van der Waals surface area contributed by atoms with Crippen LogP contribution in [-0.2, 0) is 13.5 Å². The van der Waals surface area contributed by atoms with Crippen molar-refractivity contribution in [2.75, 3.05) is 6.61 Å². The van der Waals surface area contributed by atoms with Gasteiger partial charge in [0, 0.05) is 43.0 Å². The van der Waals surface area contributed by atoms with Crippen LogP contribution in [0.4, 0.5) is 8.78 Å². The van der Waals surface area contributed by atoms with Gasteiger partial charge in [0.1, 0.15) is 11.6 Å². The van der Waals surface area contributed by atoms with Crippen LogP contribution in [-0.4, -0.2) is 42.3 Å². The Labute approximate surface area is 232 Å². The number of benzene rings is 2. The van der Waals surface area contributed by atoms with Gasteiger partial charge in [0.25, 0.3) is 5.56 Å². The van der Waals surface area contributed by atoms with Crippen LogP contribution < -0.4 is 15.0 Å². The van der Waals surface area contributed by atoms with Crippen molar-refractivity contribution in [2.45, 2.75) is 20.0 Å². The molecule has 0 amide bonds. The molecular weight excluding hydrogens is 530 g/mol. The van der Waals surface area contributed by atoms with E-state index in [2.05, 4.69) is 19.7 Å². The molecule has 0 atom stereocenters. The Morgan fingerprint density at radius 3 is 2.56 bits per heavy atom. The standard InChI is InChI=1S/C30H24F2N6O3/c1-3-40-30-34-17-20-14-23(28(39)38(27(20)36-30)21-7-9-22(10-8-21)41-29(31)32)19-6-11-24-25(15-19)37(2)26(35-24)13-18-5-4-12-33-16-18/h4-12,14-17,29H,3,13H2,1-2H3. The van der Waals surface area contributed by atoms with Gasteiger partial charge in [-0.25, -0.2) is 9.97 Å². The third-order valence-corrected chi connectivity index (χ3v) is 6.68. The van der Waals surface area contributed by atoms with Crippen molar-refractivity contribution in [3.8, 4) is 28.6 Å². The molecule has 206 valence electrons. The van der Waals surface area contributed by atoms with E-state index >= 15 is 0 Å². The minimum Gasteiger partial charge on any atom is -0.464 e. The van der Waals surface area contributed by atoms with Crippen molar-refractivity contribution in [2.24, 2.45) is 7.05 Å². The van der Waals surface area contributed by atoms with E-state index < -0.39 is 6.61 Å². The number of halogens is 2. The first kappa shape index (κ1) is 26.1. The first-order valence-electron chi connectivity index (χ1n) is 12.9. The Morgan fingerprint density at radius 2 is 1.83 bits per heavy atom. The smallest absolute Gasteiger partial charge is 0.387 e. The van der Waals surface area contributed by atoms with Crippen LogP contribution in [0.2, 0.25) is 0 Å². The van der Waals surface area contributed by atoms with Crippen LogP contribution in [0.15, 0.2) is 84.0 Å². The number of aryl methyl sites for hydroxylation is 1. The third-order valence-electron chi connectivity index (χ3n) is 6.68. The lowest BCUT2D eigenvalue weighted by molar-refractivity contribution is -0.0498. The zero-order valence-electron chi connectivity index (χ0n) is 22.2. The van der Waals surface area contributed by atoms with E-state index in [-0.39, 0.29) is 17.3 Å². The number of fused-ring (bicyclic) bond motifs is 2. The first-order valence-corrected chi connectivity index (χ1v) is 12.9. The molecule has 4 aromatic heterocycles. The number of alkyl halides is 2. The summed E-state index contributed by atoms with van der Waals surface area (Å²) in [4.78, 5) is 31.8. The highest BCUT2D eigenvalue weighted by Gasteiger charge is 2.18. The van der Waals surface area contributed by atoms with Crippen LogP contribution in [0.5, 0.6) is 11.8 Å². The van der Waals surface area contributed by atoms with Gasteiger partial charge in [-0.05, 0) is 66.6 Å². The quantitative estimate of drug-likeness (QED) is 0.251. The SMILES string of the molecule is CCOc1ncc2cc(-c3ccc4nc(Cc5cccnc5)n(C)c4c3)c(=O)n(-c3ccc(OC(F)F)cc3)c2n1. The third kappa shape index (κ3) is 5.09. The molecule has 0 aliphatic rings. The van der Waals surface area contributed by atoms with Crippen molar-refractivity contribution in [3.63, 3.8) is 0 Å². The summed E-state index contributed by atoms with van der Waals surface area (Å²) in [6.07, 6.45) is 5.75. The summed E-state index contributed by atoms with van der Waals surface area (Å²) >= 11 is 0. The van der Waals surface area contributed by atoms with Gasteiger partial charge in [0.2, 0.25) is 0 Å². The van der Waals surface area contributed by atoms with Crippen molar-refractivity contribution < 1.29 is 18.3 Å². The van der Waals surface area contributed by atoms with Gasteiger partial charge in [0.05, 0.1) is 23.3 Å². The molecule has 6 aromatic rings. The number of aromatic nitrogens is 6. The molecule has 0 spiro atoms. The molecule has 0 saturated carbocycles. The fourth-order valence-corrected chi connectivity index (χ4v) is 4.75. The van der Waals surface area contributed by atoms with E-state index in [1.165, 1.54) is 28.8 Å². The van der Waals surface area contributed by atoms with E-state index in [1.807, 2.05) is 55.1 Å². The minimum absolute atomic E-state index is 0.0226. The molecule has 0 saturated heterocycles. The summed E-state index contributed by atoms with van der Waals surface area (Å²) in [5, 5.41) is 0.596. The second-order valence-corrected chi connectivity index (χ2v) is 9.26. The maximum Gasteiger partial charge on any atom is 0.387 e. The lowest BCUT2D eigenvalue weighted by Crippen LogP contribution is -2.21. The molecule has 0 fully saturated rings. The molecule has 6 rings (SSSR count). The highest BCUT2D eigenvalue weighted by atomic mass is 19.3. The number of nitrogens with zero attached hydrogens (tertiary/aromatic N) is 6. The molecule has 41 heavy (non-hydrogen) atoms. The average Bonchev–Trinajstić information content (AvgIpc) is 3.28. The molecule has 4 heterocycles. The second-order valence-electron chi connectivity index (χ2n) is 9.26. The van der Waals surface area contributed by atoms with E-state index in [0.29, 0.717) is 40.9 Å². The molecule has 11 heteroatoms. The summed E-state index contributed by atoms with van der Waals surface area (Å²) in [7, 11) is 1.94. The Kier molecular flexibility index (Phi) is 6.84. The molecule has 0 radical (unpaired) electrons. The van der Waals surface area contributed by atoms with Gasteiger partial charge in [-0.1, -0.05) is 12.1 Å². The summed E-state index contributed by atoms with van der Waals surface area (Å²) < 4.78 is 38.8. The van der Waals surface area contributed by atoms with Crippen LogP contribution >= 0.6 is 0 Å². The van der Waals surface area contributed by atoms with Crippen LogP contribution in [0, 0.1) is 0 Å². The Hall–Kier alpha value is -5.19. The summed E-state index contributed by atoms with van der Waals surface area (Å²) in [6, 6.07) is 17.2. The number of ether oxygens (including phenoxy) is 2. The highest BCUT2D eigenvalue weighted by Crippen LogP contribution is 2.28. The molecule has 0 N–H and O–H groups in total. The number of imidazole rings is 1. The zero-order valence-corrected chi connectivity index (χ0v) is 22.2. The fourth-order valence-electron chi connectivity index (χ4n) is 4.75. The predicted octanol–water partition coefficient (Wildman–Crippen LogP) is 5.32. The lowest BCUT2D eigenvalue weighted by Gasteiger charge is -2.14. The number of pyridine rings is 2. The molecule has 2 aromatic carbocycles. The highest BCUT2D eigenvalue weighted by molar-refractivity contribution is 5.87. The minimum atomic E-state index is -2.96. The molecule has 0 bridgehead atoms. The van der Waals surface area contributed by atoms with Gasteiger partial charge < -0.3 is 14.0 Å². The van der Waals surface area contributed by atoms with Crippen LogP contribution in [0.1, 0.15) is 18.3 Å². The van der Waals surface area contributed by atoms with E-state index in [4.69, 9.17) is 9.72 Å². The Morgan fingerprint density at radius 1 is 1.00 bits per heavy atom. The van der Waals surface area contributed by atoms with Gasteiger partial charge in [0.15, 0.2) is 5.65 Å². The normalized spacial score (nSPS) is 11.4. The summed E-state index contributed by atoms with van der Waals surface area (Å²) in [5.74, 6) is 0.842. The molecule has 0 aliphatic carbocycles. The van der Waals surface area contributed by atoms with Crippen molar-refractivity contribution >= 4 is 22.1 Å². The molecular formula is C30H24F2N6O3. The van der Waals surface area contributed by atoms with Crippen molar-refractivity contribution in [1.82, 2.24) is 29.1 Å². The number of hydrogen-bond acceptors (Lipinski definition) is 7. The maximum atomic E-state index is 14.1. The first-order chi connectivity index (χ1) is 19.9. The monoisotopic (exact) mass is 554 g/mol. The largest absolute Gasteiger partial charge is 0.464 e. The maximum absolute atomic E-state index is 14.1. The summed E-state index contributed by atoms with van der Waals surface area (Å²) in [6.45, 7) is -0.801. The van der Waals surface area contributed by atoms with Crippen molar-refractivity contribution in [1.29, 1.82) is 0 Å². The predicted molar refractivity (Wildman–Crippen MR) is 150 cm³/mol. The van der Waals surface area contributed by atoms with Crippen LogP contribution in [0.25, 0.3) is 38.9 Å². The van der Waals surface area contributed by atoms with E-state index in [1.54, 1.807) is 18.5 Å². The Balaban J connectivity index is 1.49. The second kappa shape index (κ2) is 10.8. The molecule has 0 unspecified atom stereocenters. The van der Waals surface area contributed by atoms with Crippen LogP contribution in [0.3, 0.4) is 0 Å². The Bertz CT molecular complexity index is 1920. The van der Waals surface area contributed by atoms with Gasteiger partial charge in [-0.3, -0.25) is 14.3 Å². The van der Waals surface area contributed by atoms with Crippen molar-refractivity contribution in [3.05, 3.63) is 101 Å². The van der Waals surface area contributed by atoms with Gasteiger partial charge in [-0.15, -0.1) is 0 Å². The van der Waals surface area contributed by atoms with E-state index in [0.717, 1.165) is 22.4 Å². The topological polar surface area (TPSA) is 97.0 Å². The summed E-state index contributed by atoms with van der Waals surface area (Å²) in [5.41, 5.74) is 4.19. The number of hydrogen-bond donors (Lipinski definition) is 0.